The molecular weight excluding hydrogens is 302 g/mol. The van der Waals surface area contributed by atoms with E-state index < -0.39 is 10.0 Å². The van der Waals surface area contributed by atoms with E-state index in [9.17, 15) is 8.42 Å². The first-order chi connectivity index (χ1) is 9.48. The minimum atomic E-state index is -3.13. The Hall–Kier alpha value is -0.920. The van der Waals surface area contributed by atoms with Gasteiger partial charge in [-0.15, -0.1) is 0 Å². The van der Waals surface area contributed by atoms with Gasteiger partial charge in [-0.2, -0.15) is 0 Å². The van der Waals surface area contributed by atoms with Gasteiger partial charge in [-0.1, -0.05) is 11.6 Å². The van der Waals surface area contributed by atoms with E-state index in [0.29, 0.717) is 11.0 Å². The summed E-state index contributed by atoms with van der Waals surface area (Å²) in [6, 6.07) is 0.318. The largest absolute Gasteiger partial charge is 0.460 e. The summed E-state index contributed by atoms with van der Waals surface area (Å²) in [5.41, 5.74) is 0. The summed E-state index contributed by atoms with van der Waals surface area (Å²) in [6.45, 7) is 1.63. The second-order valence-electron chi connectivity index (χ2n) is 4.80. The smallest absolute Gasteiger partial charge is 0.316 e. The molecule has 1 saturated carbocycles. The predicted molar refractivity (Wildman–Crippen MR) is 76.3 cm³/mol. The van der Waals surface area contributed by atoms with Crippen molar-refractivity contribution in [3.63, 3.8) is 0 Å². The molecule has 1 aliphatic carbocycles. The standard InChI is InChI=1S/C12H18ClN3O3S/c1-2-20(17,18)16-10-3-5-11(6-4-10)19-12-14-7-9(13)8-15-12/h7-8,10-11,16H,2-6H2,1H3. The third kappa shape index (κ3) is 4.57. The summed E-state index contributed by atoms with van der Waals surface area (Å²) in [4.78, 5) is 7.97. The molecule has 8 heteroatoms. The fourth-order valence-electron chi connectivity index (χ4n) is 2.15. The maximum Gasteiger partial charge on any atom is 0.316 e. The van der Waals surface area contributed by atoms with Gasteiger partial charge in [0.15, 0.2) is 0 Å². The third-order valence-corrected chi connectivity index (χ3v) is 4.92. The van der Waals surface area contributed by atoms with Crippen molar-refractivity contribution >= 4 is 21.6 Å². The van der Waals surface area contributed by atoms with E-state index in [-0.39, 0.29) is 17.9 Å². The lowest BCUT2D eigenvalue weighted by molar-refractivity contribution is 0.132. The second-order valence-corrected chi connectivity index (χ2v) is 7.28. The maximum absolute atomic E-state index is 11.5. The Bertz CT molecular complexity index is 527. The Kier molecular flexibility index (Phi) is 5.17. The van der Waals surface area contributed by atoms with Crippen LogP contribution in [-0.4, -0.2) is 36.3 Å². The van der Waals surface area contributed by atoms with Gasteiger partial charge in [0, 0.05) is 6.04 Å². The van der Waals surface area contributed by atoms with Crippen LogP contribution in [0.2, 0.25) is 5.02 Å². The Balaban J connectivity index is 1.81. The first-order valence-corrected chi connectivity index (χ1v) is 8.65. The van der Waals surface area contributed by atoms with Crippen molar-refractivity contribution in [3.8, 4) is 6.01 Å². The van der Waals surface area contributed by atoms with Crippen LogP contribution >= 0.6 is 11.6 Å². The monoisotopic (exact) mass is 319 g/mol. The van der Waals surface area contributed by atoms with E-state index in [4.69, 9.17) is 16.3 Å². The number of nitrogens with one attached hydrogen (secondary N) is 1. The van der Waals surface area contributed by atoms with Gasteiger partial charge >= 0.3 is 6.01 Å². The van der Waals surface area contributed by atoms with E-state index in [2.05, 4.69) is 14.7 Å². The molecule has 20 heavy (non-hydrogen) atoms. The van der Waals surface area contributed by atoms with Crippen LogP contribution in [0.25, 0.3) is 0 Å². The van der Waals surface area contributed by atoms with Crippen LogP contribution in [0.1, 0.15) is 32.6 Å². The minimum absolute atomic E-state index is 0.00550. The van der Waals surface area contributed by atoms with Crippen molar-refractivity contribution in [3.05, 3.63) is 17.4 Å². The third-order valence-electron chi connectivity index (χ3n) is 3.27. The molecule has 1 fully saturated rings. The molecule has 0 spiro atoms. The first-order valence-electron chi connectivity index (χ1n) is 6.62. The summed E-state index contributed by atoms with van der Waals surface area (Å²) < 4.78 is 31.4. The van der Waals surface area contributed by atoms with Gasteiger partial charge in [0.2, 0.25) is 10.0 Å². The van der Waals surface area contributed by atoms with E-state index in [1.165, 1.54) is 12.4 Å². The SMILES string of the molecule is CCS(=O)(=O)NC1CCC(Oc2ncc(Cl)cn2)CC1. The van der Waals surface area contributed by atoms with Gasteiger partial charge in [-0.05, 0) is 32.6 Å². The Labute approximate surface area is 124 Å². The molecule has 2 rings (SSSR count). The second kappa shape index (κ2) is 6.69. The summed E-state index contributed by atoms with van der Waals surface area (Å²) in [7, 11) is -3.13. The van der Waals surface area contributed by atoms with Crippen LogP contribution < -0.4 is 9.46 Å². The molecule has 1 heterocycles. The zero-order chi connectivity index (χ0) is 14.6. The zero-order valence-electron chi connectivity index (χ0n) is 11.3. The van der Waals surface area contributed by atoms with Crippen molar-refractivity contribution in [1.82, 2.24) is 14.7 Å². The molecule has 0 atom stereocenters. The number of nitrogens with zero attached hydrogens (tertiary/aromatic N) is 2. The van der Waals surface area contributed by atoms with Gasteiger partial charge in [-0.25, -0.2) is 23.1 Å². The minimum Gasteiger partial charge on any atom is -0.460 e. The van der Waals surface area contributed by atoms with Crippen LogP contribution in [0.15, 0.2) is 12.4 Å². The van der Waals surface area contributed by atoms with Crippen molar-refractivity contribution in [1.29, 1.82) is 0 Å². The molecule has 112 valence electrons. The highest BCUT2D eigenvalue weighted by Gasteiger charge is 2.25. The summed E-state index contributed by atoms with van der Waals surface area (Å²) in [5.74, 6) is 0.113. The maximum atomic E-state index is 11.5. The van der Waals surface area contributed by atoms with E-state index in [0.717, 1.165) is 25.7 Å². The average molecular weight is 320 g/mol. The van der Waals surface area contributed by atoms with Gasteiger partial charge in [0.25, 0.3) is 0 Å². The predicted octanol–water partition coefficient (Wildman–Crippen LogP) is 1.76. The molecule has 0 aromatic carbocycles. The number of aromatic nitrogens is 2. The molecule has 6 nitrogen and oxygen atoms in total. The first kappa shape index (κ1) is 15.5. The van der Waals surface area contributed by atoms with E-state index in [1.54, 1.807) is 6.92 Å². The highest BCUT2D eigenvalue weighted by Crippen LogP contribution is 2.22. The molecule has 0 unspecified atom stereocenters. The molecule has 0 radical (unpaired) electrons. The quantitative estimate of drug-likeness (QED) is 0.894. The van der Waals surface area contributed by atoms with Gasteiger partial charge in [-0.3, -0.25) is 0 Å². The Morgan fingerprint density at radius 2 is 1.90 bits per heavy atom. The van der Waals surface area contributed by atoms with Crippen molar-refractivity contribution in [2.24, 2.45) is 0 Å². The summed E-state index contributed by atoms with van der Waals surface area (Å²) in [5, 5.41) is 0.468. The fraction of sp³-hybridized carbons (Fsp3) is 0.667. The lowest BCUT2D eigenvalue weighted by Crippen LogP contribution is -2.40. The van der Waals surface area contributed by atoms with Crippen molar-refractivity contribution < 1.29 is 13.2 Å². The topological polar surface area (TPSA) is 81.2 Å². The van der Waals surface area contributed by atoms with Crippen LogP contribution in [0, 0.1) is 0 Å². The summed E-state index contributed by atoms with van der Waals surface area (Å²) in [6.07, 6.45) is 6.09. The van der Waals surface area contributed by atoms with Crippen LogP contribution in [0.5, 0.6) is 6.01 Å². The van der Waals surface area contributed by atoms with Gasteiger partial charge in [0.05, 0.1) is 23.2 Å². The van der Waals surface area contributed by atoms with Crippen LogP contribution in [0.3, 0.4) is 0 Å². The van der Waals surface area contributed by atoms with Crippen molar-refractivity contribution in [2.45, 2.75) is 44.8 Å². The molecule has 1 N–H and O–H groups in total. The van der Waals surface area contributed by atoms with Gasteiger partial charge in [0.1, 0.15) is 6.10 Å². The lowest BCUT2D eigenvalue weighted by Gasteiger charge is -2.28. The molecule has 0 amide bonds. The number of hydrogen-bond donors (Lipinski definition) is 1. The fourth-order valence-corrected chi connectivity index (χ4v) is 3.15. The summed E-state index contributed by atoms with van der Waals surface area (Å²) >= 11 is 5.70. The highest BCUT2D eigenvalue weighted by atomic mass is 35.5. The number of rotatable bonds is 5. The molecule has 1 aromatic rings. The molecule has 0 bridgehead atoms. The van der Waals surface area contributed by atoms with Crippen molar-refractivity contribution in [2.75, 3.05) is 5.75 Å². The van der Waals surface area contributed by atoms with Crippen LogP contribution in [-0.2, 0) is 10.0 Å². The molecule has 1 aliphatic rings. The number of ether oxygens (including phenoxy) is 1. The lowest BCUT2D eigenvalue weighted by atomic mass is 9.94. The number of sulfonamides is 1. The molecule has 1 aromatic heterocycles. The Morgan fingerprint density at radius 1 is 1.30 bits per heavy atom. The zero-order valence-corrected chi connectivity index (χ0v) is 12.8. The molecule has 0 aliphatic heterocycles. The average Bonchev–Trinajstić information content (AvgIpc) is 2.43. The molecular formula is C12H18ClN3O3S. The molecule has 0 saturated heterocycles. The van der Waals surface area contributed by atoms with E-state index >= 15 is 0 Å². The normalized spacial score (nSPS) is 23.5. The van der Waals surface area contributed by atoms with Gasteiger partial charge < -0.3 is 4.74 Å². The van der Waals surface area contributed by atoms with E-state index in [1.807, 2.05) is 0 Å². The number of halogens is 1. The van der Waals surface area contributed by atoms with Crippen LogP contribution in [0.4, 0.5) is 0 Å². The Morgan fingerprint density at radius 3 is 2.45 bits per heavy atom. The number of hydrogen-bond acceptors (Lipinski definition) is 5. The highest BCUT2D eigenvalue weighted by molar-refractivity contribution is 7.89.